The van der Waals surface area contributed by atoms with Crippen LogP contribution >= 0.6 is 0 Å². The largest absolute Gasteiger partial charge is 0.508 e. The van der Waals surface area contributed by atoms with Crippen LogP contribution in [-0.2, 0) is 19.5 Å². The van der Waals surface area contributed by atoms with Crippen LogP contribution in [0, 0.1) is 11.3 Å². The number of likely N-dealkylation sites (tertiary alicyclic amines) is 1. The molecule has 4 rings (SSSR count). The number of ether oxygens (including phenoxy) is 1. The highest BCUT2D eigenvalue weighted by atomic mass is 16.5. The molecule has 4 N–H and O–H groups in total. The molecule has 154 valence electrons. The summed E-state index contributed by atoms with van der Waals surface area (Å²) in [5.41, 5.74) is 9.18. The fraction of sp³-hybridized carbons (Fsp3) is 0.435. The van der Waals surface area contributed by atoms with E-state index in [4.69, 9.17) is 15.9 Å². The highest BCUT2D eigenvalue weighted by Crippen LogP contribution is 2.26. The lowest BCUT2D eigenvalue weighted by Gasteiger charge is -2.32. The van der Waals surface area contributed by atoms with Gasteiger partial charge in [0, 0.05) is 25.2 Å². The van der Waals surface area contributed by atoms with E-state index in [0.717, 1.165) is 63.4 Å². The molecule has 0 aromatic heterocycles. The van der Waals surface area contributed by atoms with Gasteiger partial charge in [-0.25, -0.2) is 0 Å². The van der Waals surface area contributed by atoms with Gasteiger partial charge in [-0.05, 0) is 67.6 Å². The molecule has 2 aromatic carbocycles. The maximum absolute atomic E-state index is 9.97. The van der Waals surface area contributed by atoms with Gasteiger partial charge < -0.3 is 20.5 Å². The van der Waals surface area contributed by atoms with Crippen molar-refractivity contribution in [2.24, 2.45) is 11.7 Å². The molecule has 2 aliphatic rings. The number of aromatic hydroxyl groups is 1. The van der Waals surface area contributed by atoms with Crippen LogP contribution in [0.5, 0.6) is 11.5 Å². The first kappa shape index (κ1) is 19.6. The van der Waals surface area contributed by atoms with Crippen LogP contribution in [0.2, 0.25) is 0 Å². The number of phenols is 1. The summed E-state index contributed by atoms with van der Waals surface area (Å²) in [7, 11) is 0. The van der Waals surface area contributed by atoms with Gasteiger partial charge in [0.05, 0.1) is 6.61 Å². The van der Waals surface area contributed by atoms with Crippen LogP contribution in [0.25, 0.3) is 0 Å². The minimum Gasteiger partial charge on any atom is -0.508 e. The molecule has 29 heavy (non-hydrogen) atoms. The Morgan fingerprint density at radius 2 is 1.90 bits per heavy atom. The number of hydrogen-bond acceptors (Lipinski definition) is 4. The first-order valence-corrected chi connectivity index (χ1v) is 10.4. The van der Waals surface area contributed by atoms with Crippen molar-refractivity contribution < 1.29 is 9.84 Å². The smallest absolute Gasteiger partial charge is 0.188 e. The Labute approximate surface area is 172 Å². The number of para-hydroxylation sites is 1. The van der Waals surface area contributed by atoms with Crippen molar-refractivity contribution >= 4 is 5.96 Å². The van der Waals surface area contributed by atoms with Crippen LogP contribution in [0.1, 0.15) is 29.5 Å². The molecule has 0 bridgehead atoms. The average Bonchev–Trinajstić information content (AvgIpc) is 2.74. The number of nitrogens with zero attached hydrogens (tertiary/aromatic N) is 2. The van der Waals surface area contributed by atoms with Crippen LogP contribution in [-0.4, -0.2) is 47.1 Å². The zero-order chi connectivity index (χ0) is 20.2. The molecule has 0 aliphatic carbocycles. The minimum atomic E-state index is 0.137. The number of guanidine groups is 1. The summed E-state index contributed by atoms with van der Waals surface area (Å²) in [6.45, 7) is 5.09. The average molecular weight is 395 g/mol. The Bertz CT molecular complexity index is 862. The van der Waals surface area contributed by atoms with Gasteiger partial charge in [0.1, 0.15) is 11.5 Å². The summed E-state index contributed by atoms with van der Waals surface area (Å²) in [5, 5.41) is 17.6. The lowest BCUT2D eigenvalue weighted by atomic mass is 9.97. The van der Waals surface area contributed by atoms with Crippen molar-refractivity contribution in [1.29, 1.82) is 5.41 Å². The van der Waals surface area contributed by atoms with E-state index in [0.29, 0.717) is 18.2 Å². The number of hydrogen-bond donors (Lipinski definition) is 3. The third-order valence-electron chi connectivity index (χ3n) is 6.11. The van der Waals surface area contributed by atoms with E-state index in [2.05, 4.69) is 23.1 Å². The van der Waals surface area contributed by atoms with Gasteiger partial charge in [-0.1, -0.05) is 24.3 Å². The molecule has 6 heteroatoms. The summed E-state index contributed by atoms with van der Waals surface area (Å²) < 4.78 is 6.12. The highest BCUT2D eigenvalue weighted by molar-refractivity contribution is 5.75. The zero-order valence-corrected chi connectivity index (χ0v) is 16.8. The molecule has 1 fully saturated rings. The number of phenolic OH excluding ortho intramolecular Hbond substituents is 1. The third kappa shape index (κ3) is 4.82. The van der Waals surface area contributed by atoms with Crippen LogP contribution < -0.4 is 10.5 Å². The van der Waals surface area contributed by atoms with Crippen molar-refractivity contribution in [3.8, 4) is 11.5 Å². The molecular formula is C23H30N4O2. The van der Waals surface area contributed by atoms with Crippen molar-refractivity contribution in [3.63, 3.8) is 0 Å². The molecule has 2 aliphatic heterocycles. The summed E-state index contributed by atoms with van der Waals surface area (Å²) in [5.74, 6) is 1.98. The Balaban J connectivity index is 1.26. The summed E-state index contributed by atoms with van der Waals surface area (Å²) >= 11 is 0. The van der Waals surface area contributed by atoms with Gasteiger partial charge >= 0.3 is 0 Å². The third-order valence-corrected chi connectivity index (χ3v) is 6.11. The topological polar surface area (TPSA) is 85.8 Å². The van der Waals surface area contributed by atoms with Crippen LogP contribution in [0.4, 0.5) is 0 Å². The van der Waals surface area contributed by atoms with Crippen molar-refractivity contribution in [2.45, 2.75) is 32.4 Å². The number of rotatable bonds is 5. The van der Waals surface area contributed by atoms with E-state index in [1.807, 2.05) is 23.1 Å². The lowest BCUT2D eigenvalue weighted by molar-refractivity contribution is 0.136. The van der Waals surface area contributed by atoms with Gasteiger partial charge in [0.25, 0.3) is 0 Å². The Hall–Kier alpha value is -2.73. The van der Waals surface area contributed by atoms with E-state index in [-0.39, 0.29) is 5.96 Å². The predicted octanol–water partition coefficient (Wildman–Crippen LogP) is 2.93. The summed E-state index contributed by atoms with van der Waals surface area (Å²) in [6.07, 6.45) is 3.14. The monoisotopic (exact) mass is 394 g/mol. The SMILES string of the molecule is N=C(N)N1CCc2ccc(OCC3CCN(Cc4ccccc4O)CC3)cc2C1. The number of nitrogens with two attached hydrogens (primary N) is 1. The van der Waals surface area contributed by atoms with Crippen molar-refractivity contribution in [3.05, 3.63) is 59.2 Å². The van der Waals surface area contributed by atoms with Gasteiger partial charge in [-0.15, -0.1) is 0 Å². The van der Waals surface area contributed by atoms with E-state index < -0.39 is 0 Å². The van der Waals surface area contributed by atoms with Gasteiger partial charge in [-0.3, -0.25) is 10.3 Å². The van der Waals surface area contributed by atoms with Gasteiger partial charge in [0.15, 0.2) is 5.96 Å². The molecule has 0 spiro atoms. The van der Waals surface area contributed by atoms with Gasteiger partial charge in [0.2, 0.25) is 0 Å². The number of nitrogens with one attached hydrogen (secondary N) is 1. The number of fused-ring (bicyclic) bond motifs is 1. The quantitative estimate of drug-likeness (QED) is 0.536. The van der Waals surface area contributed by atoms with E-state index in [1.165, 1.54) is 11.1 Å². The van der Waals surface area contributed by atoms with E-state index in [1.54, 1.807) is 6.07 Å². The number of benzene rings is 2. The Kier molecular flexibility index (Phi) is 5.90. The Morgan fingerprint density at radius 1 is 1.10 bits per heavy atom. The first-order chi connectivity index (χ1) is 14.1. The molecule has 0 unspecified atom stereocenters. The maximum atomic E-state index is 9.97. The van der Waals surface area contributed by atoms with E-state index >= 15 is 0 Å². The molecule has 2 aromatic rings. The Morgan fingerprint density at radius 3 is 2.66 bits per heavy atom. The molecule has 0 amide bonds. The summed E-state index contributed by atoms with van der Waals surface area (Å²) in [4.78, 5) is 4.30. The fourth-order valence-electron chi connectivity index (χ4n) is 4.24. The molecule has 6 nitrogen and oxygen atoms in total. The molecule has 1 saturated heterocycles. The second-order valence-corrected chi connectivity index (χ2v) is 8.15. The van der Waals surface area contributed by atoms with Crippen LogP contribution in [0.15, 0.2) is 42.5 Å². The zero-order valence-electron chi connectivity index (χ0n) is 16.8. The molecule has 0 atom stereocenters. The number of piperidine rings is 1. The highest BCUT2D eigenvalue weighted by Gasteiger charge is 2.21. The predicted molar refractivity (Wildman–Crippen MR) is 114 cm³/mol. The van der Waals surface area contributed by atoms with Crippen molar-refractivity contribution in [2.75, 3.05) is 26.2 Å². The second-order valence-electron chi connectivity index (χ2n) is 8.15. The molecule has 0 saturated carbocycles. The van der Waals surface area contributed by atoms with Crippen molar-refractivity contribution in [1.82, 2.24) is 9.80 Å². The second kappa shape index (κ2) is 8.74. The molecule has 2 heterocycles. The maximum Gasteiger partial charge on any atom is 0.188 e. The first-order valence-electron chi connectivity index (χ1n) is 10.4. The standard InChI is InChI=1S/C23H30N4O2/c24-23(25)27-12-9-18-5-6-21(13-20(18)15-27)29-16-17-7-10-26(11-8-17)14-19-3-1-2-4-22(19)28/h1-6,13,17,28H,7-12,14-16H2,(H3,24,25). The normalized spacial score (nSPS) is 17.7. The minimum absolute atomic E-state index is 0.137. The molecule has 0 radical (unpaired) electrons. The van der Waals surface area contributed by atoms with E-state index in [9.17, 15) is 5.11 Å². The van der Waals surface area contributed by atoms with Gasteiger partial charge in [-0.2, -0.15) is 0 Å². The summed E-state index contributed by atoms with van der Waals surface area (Å²) in [6, 6.07) is 13.9. The fourth-order valence-corrected chi connectivity index (χ4v) is 4.24. The lowest BCUT2D eigenvalue weighted by Crippen LogP contribution is -2.40. The molecular weight excluding hydrogens is 364 g/mol. The van der Waals surface area contributed by atoms with Crippen LogP contribution in [0.3, 0.4) is 0 Å².